The minimum Gasteiger partial charge on any atom is -0.490 e. The number of ether oxygens (including phenoxy) is 2. The average Bonchev–Trinajstić information content (AvgIpc) is 2.51. The van der Waals surface area contributed by atoms with Crippen LogP contribution in [-0.2, 0) is 4.74 Å². The van der Waals surface area contributed by atoms with Gasteiger partial charge in [-0.05, 0) is 40.4 Å². The summed E-state index contributed by atoms with van der Waals surface area (Å²) in [6.07, 6.45) is 1.46. The lowest BCUT2D eigenvalue weighted by molar-refractivity contribution is 0.00430. The summed E-state index contributed by atoms with van der Waals surface area (Å²) in [5.74, 6) is 0.595. The summed E-state index contributed by atoms with van der Waals surface area (Å²) in [6, 6.07) is 5.45. The zero-order chi connectivity index (χ0) is 15.7. The fourth-order valence-electron chi connectivity index (χ4n) is 1.83. The van der Waals surface area contributed by atoms with Crippen LogP contribution in [-0.4, -0.2) is 31.1 Å². The van der Waals surface area contributed by atoms with E-state index in [2.05, 4.69) is 22.9 Å². The zero-order valence-electron chi connectivity index (χ0n) is 12.6. The molecule has 21 heavy (non-hydrogen) atoms. The van der Waals surface area contributed by atoms with Gasteiger partial charge in [0.05, 0.1) is 10.6 Å². The molecular formula is C16H24BrFO3. The van der Waals surface area contributed by atoms with Gasteiger partial charge in [-0.1, -0.05) is 32.4 Å². The maximum absolute atomic E-state index is 12.9. The van der Waals surface area contributed by atoms with Crippen LogP contribution in [0.3, 0.4) is 0 Å². The maximum atomic E-state index is 12.9. The van der Waals surface area contributed by atoms with E-state index in [-0.39, 0.29) is 6.61 Å². The molecule has 0 spiro atoms. The van der Waals surface area contributed by atoms with Crippen molar-refractivity contribution in [1.29, 1.82) is 0 Å². The van der Waals surface area contributed by atoms with Crippen LogP contribution in [0.15, 0.2) is 22.7 Å². The Bertz CT molecular complexity index is 415. The summed E-state index contributed by atoms with van der Waals surface area (Å²) in [7, 11) is 0. The summed E-state index contributed by atoms with van der Waals surface area (Å²) in [5, 5.41) is 9.93. The molecule has 0 heterocycles. The third-order valence-corrected chi connectivity index (χ3v) is 4.04. The quantitative estimate of drug-likeness (QED) is 0.625. The van der Waals surface area contributed by atoms with Crippen LogP contribution >= 0.6 is 15.9 Å². The third kappa shape index (κ3) is 5.93. The van der Waals surface area contributed by atoms with Crippen LogP contribution in [0.1, 0.15) is 44.8 Å². The van der Waals surface area contributed by atoms with E-state index in [1.54, 1.807) is 6.07 Å². The first-order valence-corrected chi connectivity index (χ1v) is 8.20. The van der Waals surface area contributed by atoms with Gasteiger partial charge in [0.2, 0.25) is 0 Å². The second-order valence-corrected chi connectivity index (χ2v) is 5.69. The third-order valence-electron chi connectivity index (χ3n) is 3.19. The molecule has 0 aromatic heterocycles. The van der Waals surface area contributed by atoms with E-state index < -0.39 is 18.9 Å². The van der Waals surface area contributed by atoms with E-state index in [1.807, 2.05) is 19.1 Å². The van der Waals surface area contributed by atoms with Crippen molar-refractivity contribution >= 4 is 15.9 Å². The Kier molecular flexibility index (Phi) is 8.88. The molecule has 0 unspecified atom stereocenters. The van der Waals surface area contributed by atoms with Crippen molar-refractivity contribution < 1.29 is 19.0 Å². The highest BCUT2D eigenvalue weighted by Gasteiger charge is 2.15. The number of alkyl halides is 1. The molecule has 5 heteroatoms. The number of unbranched alkanes of at least 4 members (excludes halogenated alkanes) is 1. The van der Waals surface area contributed by atoms with Crippen molar-refractivity contribution in [3.63, 3.8) is 0 Å². The number of hydrogen-bond donors (Lipinski definition) is 1. The Balaban J connectivity index is 2.61. The van der Waals surface area contributed by atoms with Crippen LogP contribution in [0.5, 0.6) is 5.75 Å². The van der Waals surface area contributed by atoms with Crippen LogP contribution in [0, 0.1) is 0 Å². The van der Waals surface area contributed by atoms with Gasteiger partial charge in [-0.15, -0.1) is 0 Å². The summed E-state index contributed by atoms with van der Waals surface area (Å²) in [5.41, 5.74) is 0.777. The van der Waals surface area contributed by atoms with E-state index in [0.717, 1.165) is 18.4 Å². The Morgan fingerprint density at radius 3 is 2.71 bits per heavy atom. The molecule has 0 aliphatic rings. The number of halogens is 2. The molecule has 0 aliphatic heterocycles. The van der Waals surface area contributed by atoms with Crippen molar-refractivity contribution in [3.8, 4) is 5.75 Å². The minimum absolute atomic E-state index is 0.157. The number of rotatable bonds is 10. The second-order valence-electron chi connectivity index (χ2n) is 4.90. The molecule has 2 atom stereocenters. The molecule has 0 saturated heterocycles. The standard InChI is InChI=1S/C16H24BrFO3/c1-3-5-9-20-12(10-18)11-21-15-8-6-7-13(16(15)17)14(19)4-2/h6-8,12,14,19H,3-5,9-11H2,1-2H3/t12-,14-/m1/s1. The molecule has 0 radical (unpaired) electrons. The molecule has 3 nitrogen and oxygen atoms in total. The highest BCUT2D eigenvalue weighted by atomic mass is 79.9. The Morgan fingerprint density at radius 1 is 1.33 bits per heavy atom. The van der Waals surface area contributed by atoms with E-state index in [9.17, 15) is 9.50 Å². The number of aliphatic hydroxyl groups is 1. The summed E-state index contributed by atoms with van der Waals surface area (Å²) < 4.78 is 24.7. The molecule has 1 aromatic rings. The summed E-state index contributed by atoms with van der Waals surface area (Å²) in [4.78, 5) is 0. The van der Waals surface area contributed by atoms with Gasteiger partial charge in [-0.25, -0.2) is 4.39 Å². The highest BCUT2D eigenvalue weighted by molar-refractivity contribution is 9.10. The fraction of sp³-hybridized carbons (Fsp3) is 0.625. The number of hydrogen-bond acceptors (Lipinski definition) is 3. The van der Waals surface area contributed by atoms with E-state index in [4.69, 9.17) is 9.47 Å². The van der Waals surface area contributed by atoms with Crippen molar-refractivity contribution in [2.45, 2.75) is 45.3 Å². The van der Waals surface area contributed by atoms with Crippen molar-refractivity contribution in [1.82, 2.24) is 0 Å². The lowest BCUT2D eigenvalue weighted by Gasteiger charge is -2.18. The summed E-state index contributed by atoms with van der Waals surface area (Å²) in [6.45, 7) is 4.10. The van der Waals surface area contributed by atoms with E-state index in [0.29, 0.717) is 23.2 Å². The zero-order valence-corrected chi connectivity index (χ0v) is 14.2. The molecule has 1 aromatic carbocycles. The smallest absolute Gasteiger partial charge is 0.133 e. The first kappa shape index (κ1) is 18.4. The Labute approximate surface area is 134 Å². The van der Waals surface area contributed by atoms with E-state index >= 15 is 0 Å². The first-order chi connectivity index (χ1) is 10.1. The summed E-state index contributed by atoms with van der Waals surface area (Å²) >= 11 is 3.44. The predicted molar refractivity (Wildman–Crippen MR) is 85.5 cm³/mol. The molecule has 0 amide bonds. The topological polar surface area (TPSA) is 38.7 Å². The van der Waals surface area contributed by atoms with Gasteiger partial charge >= 0.3 is 0 Å². The van der Waals surface area contributed by atoms with Crippen molar-refractivity contribution in [2.24, 2.45) is 0 Å². The Morgan fingerprint density at radius 2 is 2.10 bits per heavy atom. The van der Waals surface area contributed by atoms with Crippen LogP contribution < -0.4 is 4.74 Å². The Hall–Kier alpha value is -0.650. The predicted octanol–water partition coefficient (Wildman–Crippen LogP) is 4.43. The van der Waals surface area contributed by atoms with Crippen LogP contribution in [0.4, 0.5) is 4.39 Å². The van der Waals surface area contributed by atoms with Gasteiger partial charge < -0.3 is 14.6 Å². The number of aliphatic hydroxyl groups excluding tert-OH is 1. The van der Waals surface area contributed by atoms with Gasteiger partial charge in [0, 0.05) is 6.61 Å². The van der Waals surface area contributed by atoms with Crippen molar-refractivity contribution in [3.05, 3.63) is 28.2 Å². The monoisotopic (exact) mass is 362 g/mol. The molecule has 0 aliphatic carbocycles. The van der Waals surface area contributed by atoms with Gasteiger partial charge in [-0.2, -0.15) is 0 Å². The van der Waals surface area contributed by atoms with Gasteiger partial charge in [-0.3, -0.25) is 0 Å². The second kappa shape index (κ2) is 10.1. The maximum Gasteiger partial charge on any atom is 0.133 e. The fourth-order valence-corrected chi connectivity index (χ4v) is 2.47. The average molecular weight is 363 g/mol. The van der Waals surface area contributed by atoms with Crippen LogP contribution in [0.25, 0.3) is 0 Å². The molecular weight excluding hydrogens is 339 g/mol. The SMILES string of the molecule is CCCCO[C@H](CF)COc1cccc([C@H](O)CC)c1Br. The molecule has 0 bridgehead atoms. The molecule has 0 saturated carbocycles. The lowest BCUT2D eigenvalue weighted by atomic mass is 10.1. The van der Waals surface area contributed by atoms with Crippen molar-refractivity contribution in [2.75, 3.05) is 19.9 Å². The van der Waals surface area contributed by atoms with Crippen LogP contribution in [0.2, 0.25) is 0 Å². The molecule has 1 rings (SSSR count). The van der Waals surface area contributed by atoms with E-state index in [1.165, 1.54) is 0 Å². The first-order valence-electron chi connectivity index (χ1n) is 7.40. The minimum atomic E-state index is -0.571. The molecule has 0 fully saturated rings. The molecule has 1 N–H and O–H groups in total. The highest BCUT2D eigenvalue weighted by Crippen LogP contribution is 2.33. The molecule has 120 valence electrons. The van der Waals surface area contributed by atoms with Gasteiger partial charge in [0.15, 0.2) is 0 Å². The lowest BCUT2D eigenvalue weighted by Crippen LogP contribution is -2.24. The number of benzene rings is 1. The normalized spacial score (nSPS) is 14.0. The largest absolute Gasteiger partial charge is 0.490 e. The van der Waals surface area contributed by atoms with Gasteiger partial charge in [0.1, 0.15) is 25.1 Å². The van der Waals surface area contributed by atoms with Gasteiger partial charge in [0.25, 0.3) is 0 Å².